The minimum Gasteiger partial charge on any atom is -0.399 e. The van der Waals surface area contributed by atoms with Crippen LogP contribution in [0.15, 0.2) is 18.3 Å². The van der Waals surface area contributed by atoms with E-state index in [0.717, 1.165) is 24.2 Å². The summed E-state index contributed by atoms with van der Waals surface area (Å²) >= 11 is 0. The van der Waals surface area contributed by atoms with Crippen LogP contribution in [0.2, 0.25) is 0 Å². The van der Waals surface area contributed by atoms with Gasteiger partial charge >= 0.3 is 7.12 Å². The Bertz CT molecular complexity index is 497. The highest BCUT2D eigenvalue weighted by atomic mass is 16.7. The Morgan fingerprint density at radius 1 is 1.24 bits per heavy atom. The molecule has 5 heteroatoms. The number of nitrogens with zero attached hydrogens (tertiary/aromatic N) is 1. The molecule has 2 fully saturated rings. The molecular weight excluding hydrogens is 263 g/mol. The summed E-state index contributed by atoms with van der Waals surface area (Å²) < 4.78 is 12.3. The van der Waals surface area contributed by atoms with Gasteiger partial charge < -0.3 is 14.6 Å². The van der Waals surface area contributed by atoms with Crippen LogP contribution in [0.25, 0.3) is 0 Å². The number of hydrogen-bond acceptors (Lipinski definition) is 4. The van der Waals surface area contributed by atoms with Crippen molar-refractivity contribution in [3.63, 3.8) is 0 Å². The Kier molecular flexibility index (Phi) is 3.84. The van der Waals surface area contributed by atoms with Gasteiger partial charge in [-0.3, -0.25) is 4.98 Å². The van der Waals surface area contributed by atoms with E-state index >= 15 is 0 Å². The molecule has 2 saturated heterocycles. The molecule has 0 amide bonds. The van der Waals surface area contributed by atoms with Crippen molar-refractivity contribution in [2.24, 2.45) is 0 Å². The highest BCUT2D eigenvalue weighted by molar-refractivity contribution is 6.62. The predicted octanol–water partition coefficient (Wildman–Crippen LogP) is 1.85. The molecule has 4 nitrogen and oxygen atoms in total. The lowest BCUT2D eigenvalue weighted by molar-refractivity contribution is 0.00578. The van der Waals surface area contributed by atoms with Crippen LogP contribution < -0.4 is 10.8 Å². The van der Waals surface area contributed by atoms with Crippen molar-refractivity contribution in [1.29, 1.82) is 0 Å². The molecule has 3 heterocycles. The predicted molar refractivity (Wildman–Crippen MR) is 84.8 cm³/mol. The lowest BCUT2D eigenvalue weighted by atomic mass is 9.78. The largest absolute Gasteiger partial charge is 0.494 e. The van der Waals surface area contributed by atoms with E-state index in [0.29, 0.717) is 5.92 Å². The molecule has 0 saturated carbocycles. The van der Waals surface area contributed by atoms with Gasteiger partial charge in [0.25, 0.3) is 0 Å². The maximum atomic E-state index is 6.13. The van der Waals surface area contributed by atoms with Gasteiger partial charge in [0.2, 0.25) is 0 Å². The van der Waals surface area contributed by atoms with Gasteiger partial charge in [0.1, 0.15) is 0 Å². The number of aromatic nitrogens is 1. The van der Waals surface area contributed by atoms with E-state index in [4.69, 9.17) is 9.31 Å². The monoisotopic (exact) mass is 288 g/mol. The summed E-state index contributed by atoms with van der Waals surface area (Å²) in [6.45, 7) is 10.5. The molecule has 2 aliphatic rings. The van der Waals surface area contributed by atoms with Crippen LogP contribution in [0.4, 0.5) is 0 Å². The molecule has 0 aromatic carbocycles. The Labute approximate surface area is 127 Å². The fourth-order valence-electron chi connectivity index (χ4n) is 2.92. The van der Waals surface area contributed by atoms with Crippen molar-refractivity contribution >= 4 is 12.6 Å². The third kappa shape index (κ3) is 2.87. The van der Waals surface area contributed by atoms with Crippen LogP contribution >= 0.6 is 0 Å². The second-order valence-electron chi connectivity index (χ2n) is 7.15. The van der Waals surface area contributed by atoms with E-state index in [-0.39, 0.29) is 18.3 Å². The molecule has 0 bridgehead atoms. The van der Waals surface area contributed by atoms with Crippen LogP contribution in [0.3, 0.4) is 0 Å². The summed E-state index contributed by atoms with van der Waals surface area (Å²) in [7, 11) is -0.298. The van der Waals surface area contributed by atoms with Gasteiger partial charge in [-0.25, -0.2) is 0 Å². The van der Waals surface area contributed by atoms with Crippen molar-refractivity contribution in [2.75, 3.05) is 13.1 Å². The topological polar surface area (TPSA) is 43.4 Å². The molecule has 21 heavy (non-hydrogen) atoms. The molecule has 0 spiro atoms. The van der Waals surface area contributed by atoms with E-state index in [9.17, 15) is 0 Å². The van der Waals surface area contributed by atoms with Crippen LogP contribution in [-0.2, 0) is 9.31 Å². The van der Waals surface area contributed by atoms with Crippen molar-refractivity contribution in [3.05, 3.63) is 24.0 Å². The number of pyridine rings is 1. The maximum absolute atomic E-state index is 6.13. The standard InChI is InChI=1S/C16H25BN2O2/c1-15(2)16(3,4)21-17(20-15)13-7-9-19-14(10-13)12-6-5-8-18-11-12/h7,9-10,12,18H,5-6,8,11H2,1-4H3. The van der Waals surface area contributed by atoms with Crippen LogP contribution in [0.5, 0.6) is 0 Å². The first-order valence-electron chi connectivity index (χ1n) is 7.91. The Morgan fingerprint density at radius 3 is 2.57 bits per heavy atom. The summed E-state index contributed by atoms with van der Waals surface area (Å²) in [5.41, 5.74) is 1.62. The second kappa shape index (κ2) is 5.38. The van der Waals surface area contributed by atoms with Gasteiger partial charge in [0.15, 0.2) is 0 Å². The lowest BCUT2D eigenvalue weighted by Gasteiger charge is -2.32. The molecular formula is C16H25BN2O2. The lowest BCUT2D eigenvalue weighted by Crippen LogP contribution is -2.41. The molecule has 0 aliphatic carbocycles. The van der Waals surface area contributed by atoms with Crippen molar-refractivity contribution in [2.45, 2.75) is 57.7 Å². The van der Waals surface area contributed by atoms with Crippen molar-refractivity contribution in [1.82, 2.24) is 10.3 Å². The zero-order valence-corrected chi connectivity index (χ0v) is 13.5. The van der Waals surface area contributed by atoms with Gasteiger partial charge in [-0.2, -0.15) is 0 Å². The summed E-state index contributed by atoms with van der Waals surface area (Å²) in [5.74, 6) is 0.501. The summed E-state index contributed by atoms with van der Waals surface area (Å²) in [4.78, 5) is 4.56. The number of rotatable bonds is 2. The number of hydrogen-bond donors (Lipinski definition) is 1. The molecule has 1 aromatic heterocycles. The summed E-state index contributed by atoms with van der Waals surface area (Å²) in [6, 6.07) is 4.15. The zero-order valence-electron chi connectivity index (χ0n) is 13.5. The van der Waals surface area contributed by atoms with Gasteiger partial charge in [-0.05, 0) is 64.7 Å². The van der Waals surface area contributed by atoms with Crippen molar-refractivity contribution in [3.8, 4) is 0 Å². The van der Waals surface area contributed by atoms with E-state index in [1.54, 1.807) is 0 Å². The normalized spacial score (nSPS) is 27.8. The highest BCUT2D eigenvalue weighted by Gasteiger charge is 2.51. The number of nitrogens with one attached hydrogen (secondary N) is 1. The smallest absolute Gasteiger partial charge is 0.399 e. The molecule has 0 radical (unpaired) electrons. The van der Waals surface area contributed by atoms with Gasteiger partial charge in [0, 0.05) is 24.4 Å². The van der Waals surface area contributed by atoms with E-state index in [1.165, 1.54) is 12.8 Å². The van der Waals surface area contributed by atoms with Gasteiger partial charge in [0.05, 0.1) is 11.2 Å². The molecule has 1 N–H and O–H groups in total. The molecule has 3 rings (SSSR count). The third-order valence-electron chi connectivity index (χ3n) is 5.05. The first kappa shape index (κ1) is 15.0. The van der Waals surface area contributed by atoms with Crippen LogP contribution in [0, 0.1) is 0 Å². The Morgan fingerprint density at radius 2 is 1.95 bits per heavy atom. The quantitative estimate of drug-likeness (QED) is 0.843. The fourth-order valence-corrected chi connectivity index (χ4v) is 2.92. The van der Waals surface area contributed by atoms with Crippen LogP contribution in [0.1, 0.15) is 52.1 Å². The summed E-state index contributed by atoms with van der Waals surface area (Å²) in [6.07, 6.45) is 4.30. The molecule has 114 valence electrons. The van der Waals surface area contributed by atoms with Gasteiger partial charge in [-0.1, -0.05) is 0 Å². The average molecular weight is 288 g/mol. The number of piperidine rings is 1. The molecule has 1 atom stereocenters. The fraction of sp³-hybridized carbons (Fsp3) is 0.688. The second-order valence-corrected chi connectivity index (χ2v) is 7.15. The van der Waals surface area contributed by atoms with Crippen LogP contribution in [-0.4, -0.2) is 36.4 Å². The van der Waals surface area contributed by atoms with E-state index < -0.39 is 0 Å². The minimum absolute atomic E-state index is 0.298. The van der Waals surface area contributed by atoms with E-state index in [2.05, 4.69) is 44.1 Å². The molecule has 1 aromatic rings. The maximum Gasteiger partial charge on any atom is 0.494 e. The summed E-state index contributed by atoms with van der Waals surface area (Å²) in [5, 5.41) is 3.45. The first-order valence-corrected chi connectivity index (χ1v) is 7.91. The zero-order chi connectivity index (χ0) is 15.1. The van der Waals surface area contributed by atoms with Gasteiger partial charge in [-0.15, -0.1) is 0 Å². The Hall–Kier alpha value is -0.905. The highest BCUT2D eigenvalue weighted by Crippen LogP contribution is 2.36. The SMILES string of the molecule is CC1(C)OB(c2ccnc(C3CCCNC3)c2)OC1(C)C. The Balaban J connectivity index is 1.81. The first-order chi connectivity index (χ1) is 9.89. The van der Waals surface area contributed by atoms with E-state index in [1.807, 2.05) is 12.3 Å². The van der Waals surface area contributed by atoms with Crippen molar-refractivity contribution < 1.29 is 9.31 Å². The minimum atomic E-state index is -0.298. The molecule has 2 aliphatic heterocycles. The molecule has 1 unspecified atom stereocenters. The average Bonchev–Trinajstić information content (AvgIpc) is 2.69. The third-order valence-corrected chi connectivity index (χ3v) is 5.05.